The number of para-hydroxylation sites is 1. The molecular formula is C28H22O6. The number of benzene rings is 4. The van der Waals surface area contributed by atoms with Crippen LogP contribution in [0.25, 0.3) is 0 Å². The summed E-state index contributed by atoms with van der Waals surface area (Å²) < 4.78 is 12.1. The van der Waals surface area contributed by atoms with Crippen LogP contribution in [0.2, 0.25) is 0 Å². The maximum atomic E-state index is 11.6. The highest BCUT2D eigenvalue weighted by Gasteiger charge is 2.20. The van der Waals surface area contributed by atoms with Crippen molar-refractivity contribution < 1.29 is 29.3 Å². The highest BCUT2D eigenvalue weighted by molar-refractivity contribution is 6.02. The number of hydrogen-bond donors (Lipinski definition) is 2. The van der Waals surface area contributed by atoms with Crippen LogP contribution in [0.4, 0.5) is 0 Å². The summed E-state index contributed by atoms with van der Waals surface area (Å²) in [4.78, 5) is 22.9. The lowest BCUT2D eigenvalue weighted by atomic mass is 10.0. The molecule has 4 rings (SSSR count). The Morgan fingerprint density at radius 1 is 0.647 bits per heavy atom. The molecule has 4 aromatic carbocycles. The van der Waals surface area contributed by atoms with E-state index < -0.39 is 18.0 Å². The standard InChI is InChI=1S/C28H22O6/c29-27(30)24-16-15-23(18-25(24)28(31)32)34-26(17-19-7-3-1-4-8-19)20-11-13-22(14-12-20)33-21-9-5-2-6-10-21/h1-16,18,26H,17H2,(H,29,30)(H,31,32). The molecule has 6 nitrogen and oxygen atoms in total. The summed E-state index contributed by atoms with van der Waals surface area (Å²) in [6.45, 7) is 0. The summed E-state index contributed by atoms with van der Waals surface area (Å²) in [7, 11) is 0. The Morgan fingerprint density at radius 2 is 1.21 bits per heavy atom. The molecular weight excluding hydrogens is 432 g/mol. The van der Waals surface area contributed by atoms with Gasteiger partial charge in [0.2, 0.25) is 0 Å². The first-order valence-corrected chi connectivity index (χ1v) is 10.6. The summed E-state index contributed by atoms with van der Waals surface area (Å²) in [5, 5.41) is 18.7. The molecule has 0 spiro atoms. The Kier molecular flexibility index (Phi) is 6.89. The molecule has 0 aliphatic carbocycles. The molecule has 0 saturated carbocycles. The zero-order chi connectivity index (χ0) is 23.9. The molecule has 170 valence electrons. The van der Waals surface area contributed by atoms with Crippen molar-refractivity contribution in [3.05, 3.63) is 125 Å². The van der Waals surface area contributed by atoms with Crippen molar-refractivity contribution in [3.8, 4) is 17.2 Å². The lowest BCUT2D eigenvalue weighted by Gasteiger charge is -2.21. The van der Waals surface area contributed by atoms with E-state index in [-0.39, 0.29) is 16.9 Å². The first-order chi connectivity index (χ1) is 16.5. The van der Waals surface area contributed by atoms with Crippen molar-refractivity contribution in [3.63, 3.8) is 0 Å². The van der Waals surface area contributed by atoms with Gasteiger partial charge in [-0.25, -0.2) is 9.59 Å². The van der Waals surface area contributed by atoms with Crippen LogP contribution in [0, 0.1) is 0 Å². The van der Waals surface area contributed by atoms with Crippen molar-refractivity contribution in [1.29, 1.82) is 0 Å². The summed E-state index contributed by atoms with van der Waals surface area (Å²) in [6, 6.07) is 30.7. The van der Waals surface area contributed by atoms with Gasteiger partial charge in [0.05, 0.1) is 11.1 Å². The van der Waals surface area contributed by atoms with Crippen LogP contribution in [0.5, 0.6) is 17.2 Å². The predicted molar refractivity (Wildman–Crippen MR) is 127 cm³/mol. The normalized spacial score (nSPS) is 11.4. The van der Waals surface area contributed by atoms with Crippen molar-refractivity contribution in [2.45, 2.75) is 12.5 Å². The van der Waals surface area contributed by atoms with Gasteiger partial charge in [-0.2, -0.15) is 0 Å². The van der Waals surface area contributed by atoms with Crippen molar-refractivity contribution in [2.24, 2.45) is 0 Å². The van der Waals surface area contributed by atoms with E-state index >= 15 is 0 Å². The van der Waals surface area contributed by atoms with Crippen LogP contribution in [0.15, 0.2) is 103 Å². The molecule has 0 aromatic heterocycles. The van der Waals surface area contributed by atoms with Gasteiger partial charge < -0.3 is 19.7 Å². The van der Waals surface area contributed by atoms with Gasteiger partial charge in [-0.1, -0.05) is 60.7 Å². The van der Waals surface area contributed by atoms with Crippen molar-refractivity contribution >= 4 is 11.9 Å². The Hall–Kier alpha value is -4.58. The minimum atomic E-state index is -1.33. The van der Waals surface area contributed by atoms with Gasteiger partial charge in [0.25, 0.3) is 0 Å². The quantitative estimate of drug-likeness (QED) is 0.311. The first-order valence-electron chi connectivity index (χ1n) is 10.6. The highest BCUT2D eigenvalue weighted by atomic mass is 16.5. The molecule has 0 bridgehead atoms. The number of carboxylic acid groups (broad SMARTS) is 2. The molecule has 0 radical (unpaired) electrons. The van der Waals surface area contributed by atoms with E-state index in [1.165, 1.54) is 18.2 Å². The van der Waals surface area contributed by atoms with Gasteiger partial charge in [0.15, 0.2) is 0 Å². The lowest BCUT2D eigenvalue weighted by molar-refractivity contribution is 0.0651. The SMILES string of the molecule is O=C(O)c1ccc(OC(Cc2ccccc2)c2ccc(Oc3ccccc3)cc2)cc1C(=O)O. The van der Waals surface area contributed by atoms with Crippen LogP contribution in [-0.2, 0) is 6.42 Å². The third-order valence-electron chi connectivity index (χ3n) is 5.22. The van der Waals surface area contributed by atoms with Crippen LogP contribution >= 0.6 is 0 Å². The number of rotatable bonds is 9. The maximum Gasteiger partial charge on any atom is 0.336 e. The first kappa shape index (κ1) is 22.6. The molecule has 6 heteroatoms. The second-order valence-electron chi connectivity index (χ2n) is 7.60. The third kappa shape index (κ3) is 5.61. The Labute approximate surface area is 196 Å². The molecule has 0 aliphatic heterocycles. The van der Waals surface area contributed by atoms with E-state index in [0.717, 1.165) is 16.9 Å². The number of aromatic carboxylic acids is 2. The van der Waals surface area contributed by atoms with Crippen LogP contribution in [0.3, 0.4) is 0 Å². The number of hydrogen-bond acceptors (Lipinski definition) is 4. The minimum absolute atomic E-state index is 0.271. The Balaban J connectivity index is 1.61. The Morgan fingerprint density at radius 3 is 1.82 bits per heavy atom. The molecule has 34 heavy (non-hydrogen) atoms. The van der Waals surface area contributed by atoms with E-state index in [9.17, 15) is 19.8 Å². The molecule has 1 unspecified atom stereocenters. The monoisotopic (exact) mass is 454 g/mol. The zero-order valence-corrected chi connectivity index (χ0v) is 18.1. The zero-order valence-electron chi connectivity index (χ0n) is 18.1. The summed E-state index contributed by atoms with van der Waals surface area (Å²) in [6.07, 6.45) is 0.0912. The van der Waals surface area contributed by atoms with Gasteiger partial charge in [-0.05, 0) is 53.6 Å². The molecule has 1 atom stereocenters. The lowest BCUT2D eigenvalue weighted by Crippen LogP contribution is -2.13. The molecule has 0 amide bonds. The maximum absolute atomic E-state index is 11.6. The highest BCUT2D eigenvalue weighted by Crippen LogP contribution is 2.30. The largest absolute Gasteiger partial charge is 0.485 e. The van der Waals surface area contributed by atoms with Gasteiger partial charge in [0.1, 0.15) is 23.4 Å². The fraction of sp³-hybridized carbons (Fsp3) is 0.0714. The smallest absolute Gasteiger partial charge is 0.336 e. The molecule has 0 heterocycles. The summed E-state index contributed by atoms with van der Waals surface area (Å²) in [5.41, 5.74) is 1.29. The fourth-order valence-corrected chi connectivity index (χ4v) is 3.56. The molecule has 0 fully saturated rings. The number of ether oxygens (including phenoxy) is 2. The van der Waals surface area contributed by atoms with Crippen LogP contribution < -0.4 is 9.47 Å². The Bertz CT molecular complexity index is 1270. The molecule has 2 N–H and O–H groups in total. The number of carbonyl (C=O) groups is 2. The average molecular weight is 454 g/mol. The van der Waals surface area contributed by atoms with Gasteiger partial charge in [-0.15, -0.1) is 0 Å². The van der Waals surface area contributed by atoms with Crippen LogP contribution in [0.1, 0.15) is 37.9 Å². The second-order valence-corrected chi connectivity index (χ2v) is 7.60. The fourth-order valence-electron chi connectivity index (χ4n) is 3.56. The number of carboxylic acids is 2. The molecule has 0 saturated heterocycles. The molecule has 4 aromatic rings. The summed E-state index contributed by atoms with van der Waals surface area (Å²) in [5.74, 6) is -0.962. The van der Waals surface area contributed by atoms with E-state index in [2.05, 4.69) is 0 Å². The third-order valence-corrected chi connectivity index (χ3v) is 5.22. The van der Waals surface area contributed by atoms with Gasteiger partial charge in [0, 0.05) is 6.42 Å². The van der Waals surface area contributed by atoms with Gasteiger partial charge in [-0.3, -0.25) is 0 Å². The van der Waals surface area contributed by atoms with E-state index in [4.69, 9.17) is 9.47 Å². The van der Waals surface area contributed by atoms with Crippen molar-refractivity contribution in [2.75, 3.05) is 0 Å². The van der Waals surface area contributed by atoms with Crippen LogP contribution in [-0.4, -0.2) is 22.2 Å². The molecule has 0 aliphatic rings. The van der Waals surface area contributed by atoms with E-state index in [1.807, 2.05) is 84.9 Å². The predicted octanol–water partition coefficient (Wildman–Crippen LogP) is 6.24. The van der Waals surface area contributed by atoms with Crippen molar-refractivity contribution in [1.82, 2.24) is 0 Å². The average Bonchev–Trinajstić information content (AvgIpc) is 2.85. The topological polar surface area (TPSA) is 93.1 Å². The van der Waals surface area contributed by atoms with E-state index in [0.29, 0.717) is 12.2 Å². The van der Waals surface area contributed by atoms with Gasteiger partial charge >= 0.3 is 11.9 Å². The summed E-state index contributed by atoms with van der Waals surface area (Å²) >= 11 is 0. The second kappa shape index (κ2) is 10.4. The minimum Gasteiger partial charge on any atom is -0.485 e. The van der Waals surface area contributed by atoms with E-state index in [1.54, 1.807) is 0 Å².